The number of imidazole rings is 1. The average Bonchev–Trinajstić information content (AvgIpc) is 3.26. The largest absolute Gasteiger partial charge is 0.493 e. The molecule has 1 heterocycles. The van der Waals surface area contributed by atoms with E-state index in [0.29, 0.717) is 17.0 Å². The molecule has 9 nitrogen and oxygen atoms in total. The fourth-order valence-corrected chi connectivity index (χ4v) is 3.43. The smallest absolute Gasteiger partial charge is 0.320 e. The molecule has 31 heavy (non-hydrogen) atoms. The second kappa shape index (κ2) is 9.21. The van der Waals surface area contributed by atoms with E-state index in [1.54, 1.807) is 6.20 Å². The van der Waals surface area contributed by atoms with Crippen LogP contribution in [0.15, 0.2) is 55.0 Å². The Morgan fingerprint density at radius 2 is 1.52 bits per heavy atom. The number of aromatic nitrogens is 2. The number of hydrogen-bond donors (Lipinski definition) is 2. The van der Waals surface area contributed by atoms with E-state index in [4.69, 9.17) is 14.2 Å². The average molecular weight is 426 g/mol. The van der Waals surface area contributed by atoms with Crippen LogP contribution in [-0.4, -0.2) is 53.0 Å². The minimum atomic E-state index is -1.79. The summed E-state index contributed by atoms with van der Waals surface area (Å²) in [6, 6.07) is 11.2. The SMILES string of the molecule is COc1cc(C(C(C(=O)O)C(=O)O)n2cnc(-c3ccccc3)c2)cc(OC)c1OC. The third kappa shape index (κ3) is 4.30. The lowest BCUT2D eigenvalue weighted by Gasteiger charge is -2.24. The Kier molecular flexibility index (Phi) is 6.44. The molecule has 0 aliphatic heterocycles. The molecule has 0 aliphatic rings. The quantitative estimate of drug-likeness (QED) is 0.501. The lowest BCUT2D eigenvalue weighted by molar-refractivity contribution is -0.156. The number of methoxy groups -OCH3 is 3. The Bertz CT molecular complexity index is 1040. The van der Waals surface area contributed by atoms with Crippen molar-refractivity contribution in [3.63, 3.8) is 0 Å². The van der Waals surface area contributed by atoms with Gasteiger partial charge in [-0.25, -0.2) is 4.98 Å². The Morgan fingerprint density at radius 1 is 0.935 bits per heavy atom. The van der Waals surface area contributed by atoms with Gasteiger partial charge < -0.3 is 29.0 Å². The standard InChI is InChI=1S/C22H22N2O7/c1-29-16-9-14(10-17(30-2)20(16)31-3)19(18(21(25)26)22(27)28)24-11-15(23-12-24)13-7-5-4-6-8-13/h4-12,18-19H,1-3H3,(H,25,26)(H,27,28). The van der Waals surface area contributed by atoms with Crippen molar-refractivity contribution in [1.29, 1.82) is 0 Å². The molecule has 1 unspecified atom stereocenters. The van der Waals surface area contributed by atoms with E-state index < -0.39 is 23.9 Å². The summed E-state index contributed by atoms with van der Waals surface area (Å²) >= 11 is 0. The van der Waals surface area contributed by atoms with Crippen LogP contribution in [0.2, 0.25) is 0 Å². The first-order chi connectivity index (χ1) is 14.9. The van der Waals surface area contributed by atoms with E-state index in [-0.39, 0.29) is 11.5 Å². The molecule has 0 amide bonds. The Hall–Kier alpha value is -4.01. The highest BCUT2D eigenvalue weighted by Crippen LogP contribution is 2.42. The first-order valence-electron chi connectivity index (χ1n) is 9.25. The number of carboxylic acids is 2. The van der Waals surface area contributed by atoms with Gasteiger partial charge in [0.05, 0.1) is 39.4 Å². The van der Waals surface area contributed by atoms with Crippen molar-refractivity contribution in [2.75, 3.05) is 21.3 Å². The fourth-order valence-electron chi connectivity index (χ4n) is 3.43. The number of carbonyl (C=O) groups is 2. The van der Waals surface area contributed by atoms with Crippen molar-refractivity contribution >= 4 is 11.9 Å². The summed E-state index contributed by atoms with van der Waals surface area (Å²) in [5.74, 6) is -3.90. The maximum Gasteiger partial charge on any atom is 0.320 e. The number of nitrogens with zero attached hydrogens (tertiary/aromatic N) is 2. The predicted molar refractivity (Wildman–Crippen MR) is 111 cm³/mol. The summed E-state index contributed by atoms with van der Waals surface area (Å²) in [6.45, 7) is 0. The zero-order valence-corrected chi connectivity index (χ0v) is 17.2. The van der Waals surface area contributed by atoms with Gasteiger partial charge in [0.25, 0.3) is 0 Å². The topological polar surface area (TPSA) is 120 Å². The zero-order valence-electron chi connectivity index (χ0n) is 17.2. The van der Waals surface area contributed by atoms with Gasteiger partial charge >= 0.3 is 11.9 Å². The second-order valence-corrected chi connectivity index (χ2v) is 6.63. The van der Waals surface area contributed by atoms with Crippen molar-refractivity contribution in [2.45, 2.75) is 6.04 Å². The molecule has 2 N–H and O–H groups in total. The number of aliphatic carboxylic acids is 2. The minimum absolute atomic E-state index is 0.278. The van der Waals surface area contributed by atoms with Crippen LogP contribution in [0.1, 0.15) is 11.6 Å². The molecule has 162 valence electrons. The highest BCUT2D eigenvalue weighted by atomic mass is 16.5. The molecule has 1 aromatic heterocycles. The summed E-state index contributed by atoms with van der Waals surface area (Å²) in [7, 11) is 4.29. The lowest BCUT2D eigenvalue weighted by atomic mass is 9.92. The van der Waals surface area contributed by atoms with Crippen LogP contribution in [0.4, 0.5) is 0 Å². The number of rotatable bonds is 9. The summed E-state index contributed by atoms with van der Waals surface area (Å²) in [6.07, 6.45) is 3.02. The van der Waals surface area contributed by atoms with E-state index >= 15 is 0 Å². The third-order valence-electron chi connectivity index (χ3n) is 4.87. The fraction of sp³-hybridized carbons (Fsp3) is 0.227. The van der Waals surface area contributed by atoms with Gasteiger partial charge in [0.15, 0.2) is 17.4 Å². The molecule has 9 heteroatoms. The van der Waals surface area contributed by atoms with Crippen molar-refractivity contribution in [3.05, 3.63) is 60.6 Å². The number of carboxylic acid groups (broad SMARTS) is 2. The normalized spacial score (nSPS) is 11.7. The Labute approximate surface area is 178 Å². The summed E-state index contributed by atoms with van der Waals surface area (Å²) in [5.41, 5.74) is 1.74. The molecular weight excluding hydrogens is 404 g/mol. The predicted octanol–water partition coefficient (Wildman–Crippen LogP) is 2.95. The minimum Gasteiger partial charge on any atom is -0.493 e. The van der Waals surface area contributed by atoms with Gasteiger partial charge in [0, 0.05) is 11.8 Å². The molecule has 2 aromatic carbocycles. The summed E-state index contributed by atoms with van der Waals surface area (Å²) in [4.78, 5) is 28.2. The van der Waals surface area contributed by atoms with Crippen molar-refractivity contribution in [1.82, 2.24) is 9.55 Å². The van der Waals surface area contributed by atoms with E-state index in [1.807, 2.05) is 30.3 Å². The maximum atomic E-state index is 11.9. The van der Waals surface area contributed by atoms with Gasteiger partial charge in [-0.3, -0.25) is 9.59 Å². The van der Waals surface area contributed by atoms with Gasteiger partial charge in [-0.05, 0) is 17.7 Å². The van der Waals surface area contributed by atoms with Crippen LogP contribution in [0.25, 0.3) is 11.3 Å². The second-order valence-electron chi connectivity index (χ2n) is 6.63. The number of ether oxygens (including phenoxy) is 3. The summed E-state index contributed by atoms with van der Waals surface area (Å²) in [5, 5.41) is 19.4. The molecule has 0 bridgehead atoms. The van der Waals surface area contributed by atoms with E-state index in [0.717, 1.165) is 5.56 Å². The van der Waals surface area contributed by atoms with Gasteiger partial charge in [-0.2, -0.15) is 0 Å². The number of hydrogen-bond acceptors (Lipinski definition) is 6. The highest BCUT2D eigenvalue weighted by molar-refractivity contribution is 5.94. The van der Waals surface area contributed by atoms with E-state index in [2.05, 4.69) is 4.98 Å². The zero-order chi connectivity index (χ0) is 22.5. The van der Waals surface area contributed by atoms with E-state index in [9.17, 15) is 19.8 Å². The van der Waals surface area contributed by atoms with Crippen molar-refractivity contribution in [2.24, 2.45) is 5.92 Å². The van der Waals surface area contributed by atoms with Crippen molar-refractivity contribution < 1.29 is 34.0 Å². The molecule has 0 spiro atoms. The van der Waals surface area contributed by atoms with Gasteiger partial charge in [-0.15, -0.1) is 0 Å². The van der Waals surface area contributed by atoms with E-state index in [1.165, 1.54) is 44.4 Å². The van der Waals surface area contributed by atoms with Crippen LogP contribution < -0.4 is 14.2 Å². The van der Waals surface area contributed by atoms with Crippen molar-refractivity contribution in [3.8, 4) is 28.5 Å². The van der Waals surface area contributed by atoms with Crippen LogP contribution in [0.5, 0.6) is 17.2 Å². The molecule has 3 aromatic rings. The molecule has 0 saturated carbocycles. The summed E-state index contributed by atoms with van der Waals surface area (Å²) < 4.78 is 17.5. The monoisotopic (exact) mass is 426 g/mol. The van der Waals surface area contributed by atoms with Gasteiger partial charge in [0.1, 0.15) is 0 Å². The molecule has 0 radical (unpaired) electrons. The highest BCUT2D eigenvalue weighted by Gasteiger charge is 2.38. The van der Waals surface area contributed by atoms with Gasteiger partial charge in [0.2, 0.25) is 5.75 Å². The molecule has 0 aliphatic carbocycles. The first kappa shape index (κ1) is 21.7. The first-order valence-corrected chi connectivity index (χ1v) is 9.25. The molecule has 0 saturated heterocycles. The van der Waals surface area contributed by atoms with Gasteiger partial charge in [-0.1, -0.05) is 30.3 Å². The molecule has 0 fully saturated rings. The van der Waals surface area contributed by atoms with Crippen LogP contribution in [0.3, 0.4) is 0 Å². The third-order valence-corrected chi connectivity index (χ3v) is 4.87. The number of benzene rings is 2. The lowest BCUT2D eigenvalue weighted by Crippen LogP contribution is -2.33. The van der Waals surface area contributed by atoms with Crippen LogP contribution >= 0.6 is 0 Å². The Morgan fingerprint density at radius 3 is 2.00 bits per heavy atom. The molecular formula is C22H22N2O7. The van der Waals surface area contributed by atoms with Crippen LogP contribution in [-0.2, 0) is 9.59 Å². The molecule has 1 atom stereocenters. The molecule has 3 rings (SSSR count). The maximum absolute atomic E-state index is 11.9. The van der Waals surface area contributed by atoms with Crippen LogP contribution in [0, 0.1) is 5.92 Å². The Balaban J connectivity index is 2.20.